The number of amides is 1. The van der Waals surface area contributed by atoms with E-state index in [9.17, 15) is 4.79 Å². The maximum atomic E-state index is 12.8. The topological polar surface area (TPSA) is 66.9 Å². The number of benzene rings is 3. The van der Waals surface area contributed by atoms with E-state index in [2.05, 4.69) is 45.7 Å². The lowest BCUT2D eigenvalue weighted by Gasteiger charge is -2.11. The van der Waals surface area contributed by atoms with Crippen LogP contribution in [0.2, 0.25) is 0 Å². The summed E-state index contributed by atoms with van der Waals surface area (Å²) in [4.78, 5) is 21.5. The van der Waals surface area contributed by atoms with Gasteiger partial charge in [0.2, 0.25) is 0 Å². The molecule has 0 radical (unpaired) electrons. The quantitative estimate of drug-likeness (QED) is 0.421. The molecule has 31 heavy (non-hydrogen) atoms. The monoisotopic (exact) mass is 408 g/mol. The van der Waals surface area contributed by atoms with E-state index in [0.717, 1.165) is 33.8 Å². The Kier molecular flexibility index (Phi) is 5.76. The van der Waals surface area contributed by atoms with Crippen molar-refractivity contribution >= 4 is 23.1 Å². The van der Waals surface area contributed by atoms with Gasteiger partial charge in [0.15, 0.2) is 0 Å². The Hall–Kier alpha value is -3.99. The zero-order valence-electron chi connectivity index (χ0n) is 17.8. The molecule has 4 rings (SSSR count). The summed E-state index contributed by atoms with van der Waals surface area (Å²) >= 11 is 0. The summed E-state index contributed by atoms with van der Waals surface area (Å²) in [6.07, 6.45) is 1.54. The smallest absolute Gasteiger partial charge is 0.255 e. The van der Waals surface area contributed by atoms with Crippen molar-refractivity contribution in [2.24, 2.45) is 0 Å². The molecule has 0 saturated carbocycles. The molecular weight excluding hydrogens is 384 g/mol. The van der Waals surface area contributed by atoms with Gasteiger partial charge in [-0.2, -0.15) is 0 Å². The zero-order valence-corrected chi connectivity index (χ0v) is 17.8. The van der Waals surface area contributed by atoms with Gasteiger partial charge in [-0.05, 0) is 56.7 Å². The summed E-state index contributed by atoms with van der Waals surface area (Å²) in [6.45, 7) is 6.07. The van der Waals surface area contributed by atoms with Crippen LogP contribution in [0.5, 0.6) is 0 Å². The molecule has 0 spiro atoms. The number of hydrogen-bond acceptors (Lipinski definition) is 4. The van der Waals surface area contributed by atoms with Crippen LogP contribution in [0.3, 0.4) is 0 Å². The Bertz CT molecular complexity index is 1250. The molecule has 1 heterocycles. The van der Waals surface area contributed by atoms with Crippen molar-refractivity contribution in [2.45, 2.75) is 20.8 Å². The highest BCUT2D eigenvalue weighted by molar-refractivity contribution is 6.05. The average Bonchev–Trinajstić information content (AvgIpc) is 2.76. The van der Waals surface area contributed by atoms with E-state index in [1.54, 1.807) is 6.07 Å². The van der Waals surface area contributed by atoms with Crippen molar-refractivity contribution < 1.29 is 4.79 Å². The summed E-state index contributed by atoms with van der Waals surface area (Å²) < 4.78 is 0. The van der Waals surface area contributed by atoms with Crippen LogP contribution in [0.1, 0.15) is 27.0 Å². The second-order valence-corrected chi connectivity index (χ2v) is 7.64. The van der Waals surface area contributed by atoms with E-state index in [1.165, 1.54) is 11.9 Å². The van der Waals surface area contributed by atoms with Gasteiger partial charge in [-0.25, -0.2) is 9.97 Å². The van der Waals surface area contributed by atoms with Gasteiger partial charge in [0.25, 0.3) is 5.91 Å². The van der Waals surface area contributed by atoms with Gasteiger partial charge in [-0.15, -0.1) is 0 Å². The molecule has 0 fully saturated rings. The molecule has 3 aromatic carbocycles. The fourth-order valence-electron chi connectivity index (χ4n) is 3.42. The van der Waals surface area contributed by atoms with E-state index in [0.29, 0.717) is 11.4 Å². The van der Waals surface area contributed by atoms with Crippen molar-refractivity contribution in [1.82, 2.24) is 9.97 Å². The number of rotatable bonds is 5. The third kappa shape index (κ3) is 4.95. The van der Waals surface area contributed by atoms with Crippen molar-refractivity contribution in [3.8, 4) is 11.3 Å². The molecule has 1 aromatic heterocycles. The summed E-state index contributed by atoms with van der Waals surface area (Å²) in [6, 6.07) is 23.4. The first-order valence-electron chi connectivity index (χ1n) is 10.1. The molecule has 0 aliphatic heterocycles. The molecule has 0 aliphatic carbocycles. The van der Waals surface area contributed by atoms with Crippen LogP contribution in [-0.4, -0.2) is 15.9 Å². The highest BCUT2D eigenvalue weighted by Gasteiger charge is 2.09. The molecule has 154 valence electrons. The number of hydrogen-bond donors (Lipinski definition) is 2. The van der Waals surface area contributed by atoms with Crippen LogP contribution >= 0.6 is 0 Å². The highest BCUT2D eigenvalue weighted by atomic mass is 16.1. The van der Waals surface area contributed by atoms with Crippen molar-refractivity contribution in [3.05, 3.63) is 101 Å². The number of anilines is 3. The Labute approximate surface area is 182 Å². The maximum Gasteiger partial charge on any atom is 0.255 e. The lowest BCUT2D eigenvalue weighted by atomic mass is 10.1. The molecule has 4 aromatic rings. The summed E-state index contributed by atoms with van der Waals surface area (Å²) in [7, 11) is 0. The normalized spacial score (nSPS) is 10.5. The Morgan fingerprint density at radius 2 is 1.61 bits per heavy atom. The highest BCUT2D eigenvalue weighted by Crippen LogP contribution is 2.23. The molecule has 2 N–H and O–H groups in total. The molecule has 1 amide bonds. The van der Waals surface area contributed by atoms with Crippen LogP contribution in [0.4, 0.5) is 17.2 Å². The number of nitrogens with one attached hydrogen (secondary N) is 2. The van der Waals surface area contributed by atoms with E-state index in [1.807, 2.05) is 62.4 Å². The molecule has 5 heteroatoms. The summed E-state index contributed by atoms with van der Waals surface area (Å²) in [5, 5.41) is 6.26. The van der Waals surface area contributed by atoms with Crippen molar-refractivity contribution in [3.63, 3.8) is 0 Å². The summed E-state index contributed by atoms with van der Waals surface area (Å²) in [5.74, 6) is 0.511. The third-order valence-electron chi connectivity index (χ3n) is 5.01. The van der Waals surface area contributed by atoms with Gasteiger partial charge in [-0.3, -0.25) is 4.79 Å². The SMILES string of the molecule is Cc1cccc(-c2cc(Nc3cccc(C(=O)Nc4ccc(C)cc4C)c3)ncn2)c1. The van der Waals surface area contributed by atoms with Gasteiger partial charge >= 0.3 is 0 Å². The zero-order chi connectivity index (χ0) is 21.8. The van der Waals surface area contributed by atoms with Crippen LogP contribution in [0.25, 0.3) is 11.3 Å². The van der Waals surface area contributed by atoms with E-state index < -0.39 is 0 Å². The molecule has 0 atom stereocenters. The lowest BCUT2D eigenvalue weighted by molar-refractivity contribution is 0.102. The Balaban J connectivity index is 1.52. The third-order valence-corrected chi connectivity index (χ3v) is 5.01. The standard InChI is InChI=1S/C26H24N4O/c1-17-6-4-7-20(13-17)24-15-25(28-16-27-24)29-22-9-5-8-21(14-22)26(31)30-23-11-10-18(2)12-19(23)3/h4-16H,1-3H3,(H,30,31)(H,27,28,29). The number of carbonyl (C=O) groups excluding carboxylic acids is 1. The van der Waals surface area contributed by atoms with Crippen LogP contribution < -0.4 is 10.6 Å². The van der Waals surface area contributed by atoms with Crippen molar-refractivity contribution in [1.29, 1.82) is 0 Å². The fraction of sp³-hybridized carbons (Fsp3) is 0.115. The Morgan fingerprint density at radius 3 is 2.42 bits per heavy atom. The first-order chi connectivity index (χ1) is 15.0. The maximum absolute atomic E-state index is 12.8. The number of nitrogens with zero attached hydrogens (tertiary/aromatic N) is 2. The minimum atomic E-state index is -0.154. The van der Waals surface area contributed by atoms with Gasteiger partial charge < -0.3 is 10.6 Å². The predicted molar refractivity (Wildman–Crippen MR) is 126 cm³/mol. The second kappa shape index (κ2) is 8.79. The Morgan fingerprint density at radius 1 is 0.806 bits per heavy atom. The minimum absolute atomic E-state index is 0.154. The van der Waals surface area contributed by atoms with Gasteiger partial charge in [0, 0.05) is 28.6 Å². The van der Waals surface area contributed by atoms with E-state index in [4.69, 9.17) is 0 Å². The van der Waals surface area contributed by atoms with Gasteiger partial charge in [-0.1, -0.05) is 47.5 Å². The number of aryl methyl sites for hydroxylation is 3. The molecule has 0 unspecified atom stereocenters. The average molecular weight is 409 g/mol. The molecule has 0 saturated heterocycles. The van der Waals surface area contributed by atoms with Crippen LogP contribution in [-0.2, 0) is 0 Å². The summed E-state index contributed by atoms with van der Waals surface area (Å²) in [5.41, 5.74) is 7.40. The van der Waals surface area contributed by atoms with Crippen molar-refractivity contribution in [2.75, 3.05) is 10.6 Å². The molecule has 0 aliphatic rings. The first kappa shape index (κ1) is 20.3. The number of carbonyl (C=O) groups is 1. The van der Waals surface area contributed by atoms with Gasteiger partial charge in [0.1, 0.15) is 12.1 Å². The molecular formula is C26H24N4O. The molecule has 5 nitrogen and oxygen atoms in total. The second-order valence-electron chi connectivity index (χ2n) is 7.64. The lowest BCUT2D eigenvalue weighted by Crippen LogP contribution is -2.13. The fourth-order valence-corrected chi connectivity index (χ4v) is 3.42. The first-order valence-corrected chi connectivity index (χ1v) is 10.1. The van der Waals surface area contributed by atoms with Crippen LogP contribution in [0, 0.1) is 20.8 Å². The minimum Gasteiger partial charge on any atom is -0.340 e. The van der Waals surface area contributed by atoms with Crippen LogP contribution in [0.15, 0.2) is 79.1 Å². The van der Waals surface area contributed by atoms with E-state index in [-0.39, 0.29) is 5.91 Å². The largest absolute Gasteiger partial charge is 0.340 e. The number of aromatic nitrogens is 2. The van der Waals surface area contributed by atoms with Gasteiger partial charge in [0.05, 0.1) is 5.69 Å². The molecule has 0 bridgehead atoms. The predicted octanol–water partition coefficient (Wildman–Crippen LogP) is 6.06. The van der Waals surface area contributed by atoms with E-state index >= 15 is 0 Å².